The van der Waals surface area contributed by atoms with Crippen molar-refractivity contribution in [2.45, 2.75) is 36.5 Å². The molecule has 3 aromatic rings. The highest BCUT2D eigenvalue weighted by molar-refractivity contribution is 14.1. The summed E-state index contributed by atoms with van der Waals surface area (Å²) in [4.78, 5) is 4.58. The lowest BCUT2D eigenvalue weighted by Gasteiger charge is -2.38. The minimum Gasteiger partial charge on any atom is -0.367 e. The summed E-state index contributed by atoms with van der Waals surface area (Å²) in [6, 6.07) is 10.5. The number of anilines is 2. The van der Waals surface area contributed by atoms with Crippen LogP contribution in [0.1, 0.15) is 28.8 Å². The molecule has 0 unspecified atom stereocenters. The van der Waals surface area contributed by atoms with Crippen LogP contribution in [0.3, 0.4) is 0 Å². The number of hydrogen-bond acceptors (Lipinski definition) is 7. The number of fused-ring (bicyclic) bond motifs is 1. The maximum Gasteiger partial charge on any atom is 0.416 e. The molecule has 1 aromatic heterocycles. The molecule has 16 heteroatoms. The van der Waals surface area contributed by atoms with E-state index in [0.29, 0.717) is 36.5 Å². The van der Waals surface area contributed by atoms with Gasteiger partial charge in [0.05, 0.1) is 35.1 Å². The fourth-order valence-electron chi connectivity index (χ4n) is 5.98. The fraction of sp³-hybridized carbons (Fsp3) is 0.483. The molecular weight excluding hydrogens is 744 g/mol. The van der Waals surface area contributed by atoms with Crippen LogP contribution in [0.4, 0.5) is 24.5 Å². The number of alkyl halides is 4. The van der Waals surface area contributed by atoms with E-state index in [1.54, 1.807) is 6.07 Å². The number of sulfonamides is 2. The summed E-state index contributed by atoms with van der Waals surface area (Å²) in [5.74, 6) is 0. The largest absolute Gasteiger partial charge is 0.416 e. The molecule has 10 nitrogen and oxygen atoms in total. The lowest BCUT2D eigenvalue weighted by Crippen LogP contribution is -2.47. The van der Waals surface area contributed by atoms with Crippen LogP contribution in [0.25, 0.3) is 11.3 Å². The maximum atomic E-state index is 13.2. The van der Waals surface area contributed by atoms with Crippen molar-refractivity contribution in [2.24, 2.45) is 0 Å². The van der Waals surface area contributed by atoms with E-state index < -0.39 is 31.8 Å². The Balaban J connectivity index is 1.27. The highest BCUT2D eigenvalue weighted by atomic mass is 127. The number of halogens is 4. The Hall–Kier alpha value is -2.41. The van der Waals surface area contributed by atoms with E-state index in [9.17, 15) is 30.0 Å². The average Bonchev–Trinajstić information content (AvgIpc) is 3.34. The van der Waals surface area contributed by atoms with Gasteiger partial charge in [-0.05, 0) is 30.2 Å². The number of hydrogen-bond donors (Lipinski definition) is 1. The molecule has 0 radical (unpaired) electrons. The highest BCUT2D eigenvalue weighted by Gasteiger charge is 2.32. The molecule has 0 bridgehead atoms. The van der Waals surface area contributed by atoms with Crippen molar-refractivity contribution in [3.8, 4) is 11.3 Å². The quantitative estimate of drug-likeness (QED) is 0.240. The summed E-state index contributed by atoms with van der Waals surface area (Å²) in [5, 5.41) is 4.79. The van der Waals surface area contributed by atoms with E-state index in [1.165, 1.54) is 16.4 Å². The second-order valence-corrected chi connectivity index (χ2v) is 15.9. The normalized spacial score (nSPS) is 17.0. The van der Waals surface area contributed by atoms with Gasteiger partial charge in [0.25, 0.3) is 0 Å². The van der Waals surface area contributed by atoms with Gasteiger partial charge in [-0.15, -0.1) is 0 Å². The molecule has 0 atom stereocenters. The Morgan fingerprint density at radius 1 is 0.933 bits per heavy atom. The zero-order chi connectivity index (χ0) is 32.6. The Morgan fingerprint density at radius 3 is 2.22 bits per heavy atom. The van der Waals surface area contributed by atoms with Crippen LogP contribution < -0.4 is 9.62 Å². The Labute approximate surface area is 275 Å². The van der Waals surface area contributed by atoms with Crippen LogP contribution in [0, 0.1) is 0 Å². The SMILES string of the molecule is CS(=O)(=O)Nc1cccc(CI)c1N1CCN(CCCn2nc(-c3ccc(C(F)(F)F)cc3)c3c2CCN(S(C)(=O)=O)C3)CC1. The number of nitrogens with zero attached hydrogens (tertiary/aromatic N) is 5. The third kappa shape index (κ3) is 8.12. The van der Waals surface area contributed by atoms with Crippen LogP contribution in [0.5, 0.6) is 0 Å². The second-order valence-electron chi connectivity index (χ2n) is 11.4. The van der Waals surface area contributed by atoms with Crippen LogP contribution in [0.15, 0.2) is 42.5 Å². The van der Waals surface area contributed by atoms with E-state index in [4.69, 9.17) is 5.10 Å². The minimum atomic E-state index is -4.45. The number of rotatable bonds is 10. The molecule has 5 rings (SSSR count). The summed E-state index contributed by atoms with van der Waals surface area (Å²) >= 11 is 2.29. The van der Waals surface area contributed by atoms with E-state index in [1.807, 2.05) is 16.8 Å². The summed E-state index contributed by atoms with van der Waals surface area (Å²) in [7, 11) is -6.88. The molecular formula is C29H36F3IN6O4S2. The molecule has 0 aliphatic carbocycles. The molecule has 0 spiro atoms. The lowest BCUT2D eigenvalue weighted by atomic mass is 10.0. The predicted molar refractivity (Wildman–Crippen MR) is 178 cm³/mol. The van der Waals surface area contributed by atoms with Crippen LogP contribution >= 0.6 is 22.6 Å². The first kappa shape index (κ1) is 33.9. The second kappa shape index (κ2) is 13.4. The third-order valence-corrected chi connectivity index (χ3v) is 10.8. The van der Waals surface area contributed by atoms with Gasteiger partial charge in [-0.2, -0.15) is 22.6 Å². The van der Waals surface area contributed by atoms with Gasteiger partial charge in [-0.3, -0.25) is 14.3 Å². The van der Waals surface area contributed by atoms with Crippen LogP contribution in [-0.4, -0.2) is 87.6 Å². The van der Waals surface area contributed by atoms with E-state index in [-0.39, 0.29) is 6.54 Å². The summed E-state index contributed by atoms with van der Waals surface area (Å²) in [5.41, 5.74) is 4.48. The van der Waals surface area contributed by atoms with Crippen molar-refractivity contribution < 1.29 is 30.0 Å². The van der Waals surface area contributed by atoms with Crippen LogP contribution in [0.2, 0.25) is 0 Å². The van der Waals surface area contributed by atoms with Gasteiger partial charge in [0.15, 0.2) is 0 Å². The molecule has 2 aromatic carbocycles. The van der Waals surface area contributed by atoms with Gasteiger partial charge >= 0.3 is 6.18 Å². The molecule has 1 N–H and O–H groups in total. The van der Waals surface area contributed by atoms with Crippen LogP contribution in [-0.2, 0) is 50.2 Å². The molecule has 246 valence electrons. The van der Waals surface area contributed by atoms with Crippen molar-refractivity contribution in [3.63, 3.8) is 0 Å². The van der Waals surface area contributed by atoms with Crippen molar-refractivity contribution in [1.82, 2.24) is 19.0 Å². The van der Waals surface area contributed by atoms with Gasteiger partial charge in [-0.1, -0.05) is 46.9 Å². The Bertz CT molecular complexity index is 1740. The first-order valence-corrected chi connectivity index (χ1v) is 19.7. The Kier molecular flexibility index (Phi) is 10.1. The zero-order valence-electron chi connectivity index (χ0n) is 25.0. The molecule has 1 fully saturated rings. The molecule has 0 amide bonds. The summed E-state index contributed by atoms with van der Waals surface area (Å²) < 4.78 is 94.8. The number of para-hydroxylation sites is 1. The van der Waals surface area contributed by atoms with E-state index in [2.05, 4.69) is 37.1 Å². The number of aromatic nitrogens is 2. The van der Waals surface area contributed by atoms with E-state index >= 15 is 0 Å². The monoisotopic (exact) mass is 780 g/mol. The smallest absolute Gasteiger partial charge is 0.367 e. The topological polar surface area (TPSA) is 108 Å². The van der Waals surface area contributed by atoms with Gasteiger partial charge in [0, 0.05) is 80.0 Å². The van der Waals surface area contributed by atoms with Gasteiger partial charge in [0.2, 0.25) is 20.0 Å². The minimum absolute atomic E-state index is 0.126. The predicted octanol–water partition coefficient (Wildman–Crippen LogP) is 4.41. The zero-order valence-corrected chi connectivity index (χ0v) is 28.8. The van der Waals surface area contributed by atoms with Crippen molar-refractivity contribution in [3.05, 3.63) is 64.8 Å². The number of benzene rings is 2. The summed E-state index contributed by atoms with van der Waals surface area (Å²) in [6.07, 6.45) is -0.902. The van der Waals surface area contributed by atoms with Gasteiger partial charge < -0.3 is 4.90 Å². The molecule has 45 heavy (non-hydrogen) atoms. The third-order valence-electron chi connectivity index (χ3n) is 8.15. The van der Waals surface area contributed by atoms with E-state index in [0.717, 1.165) is 90.7 Å². The lowest BCUT2D eigenvalue weighted by molar-refractivity contribution is -0.137. The maximum absolute atomic E-state index is 13.2. The van der Waals surface area contributed by atoms with Crippen molar-refractivity contribution in [1.29, 1.82) is 0 Å². The molecule has 0 saturated carbocycles. The molecule has 2 aliphatic rings. The first-order chi connectivity index (χ1) is 21.1. The molecule has 3 heterocycles. The number of nitrogens with one attached hydrogen (secondary N) is 1. The average molecular weight is 781 g/mol. The Morgan fingerprint density at radius 2 is 1.62 bits per heavy atom. The van der Waals surface area contributed by atoms with Gasteiger partial charge in [0.1, 0.15) is 0 Å². The first-order valence-electron chi connectivity index (χ1n) is 14.5. The van der Waals surface area contributed by atoms with Crippen molar-refractivity contribution >= 4 is 54.0 Å². The highest BCUT2D eigenvalue weighted by Crippen LogP contribution is 2.35. The number of aryl methyl sites for hydroxylation is 1. The summed E-state index contributed by atoms with van der Waals surface area (Å²) in [6.45, 7) is 4.90. The van der Waals surface area contributed by atoms with Crippen molar-refractivity contribution in [2.75, 3.05) is 61.4 Å². The fourth-order valence-corrected chi connectivity index (χ4v) is 7.94. The molecule has 1 saturated heterocycles. The van der Waals surface area contributed by atoms with Gasteiger partial charge in [-0.25, -0.2) is 16.8 Å². The standard InChI is InChI=1S/C29H36F3IN6O4S2/c1-44(40,41)35-25-6-3-5-22(19-33)28(25)37-17-15-36(16-18-37)12-4-13-39-26-11-14-38(45(2,42)43)20-24(26)27(34-39)21-7-9-23(10-8-21)29(30,31)32/h3,5-10,35H,4,11-20H2,1-2H3. The molecule has 2 aliphatic heterocycles. The number of piperazine rings is 1.